The first-order valence-electron chi connectivity index (χ1n) is 10.5. The quantitative estimate of drug-likeness (QED) is 0.647. The van der Waals surface area contributed by atoms with Crippen LogP contribution in [0.2, 0.25) is 0 Å². The molecule has 0 radical (unpaired) electrons. The van der Waals surface area contributed by atoms with Crippen molar-refractivity contribution < 1.29 is 23.5 Å². The van der Waals surface area contributed by atoms with Crippen LogP contribution in [0.1, 0.15) is 38.3 Å². The van der Waals surface area contributed by atoms with Crippen LogP contribution in [0.3, 0.4) is 0 Å². The molecule has 1 aliphatic rings. The van der Waals surface area contributed by atoms with Gasteiger partial charge in [0.15, 0.2) is 0 Å². The predicted molar refractivity (Wildman–Crippen MR) is 116 cm³/mol. The van der Waals surface area contributed by atoms with E-state index in [-0.39, 0.29) is 29.9 Å². The van der Waals surface area contributed by atoms with Crippen LogP contribution in [0.25, 0.3) is 0 Å². The maximum atomic E-state index is 13.6. The molecule has 168 valence electrons. The van der Waals surface area contributed by atoms with Crippen molar-refractivity contribution in [1.82, 2.24) is 4.90 Å². The molecule has 5 nitrogen and oxygen atoms in total. The minimum Gasteiger partial charge on any atom is -0.390 e. The highest BCUT2D eigenvalue weighted by Crippen LogP contribution is 2.19. The van der Waals surface area contributed by atoms with Crippen LogP contribution in [0, 0.1) is 11.6 Å². The maximum absolute atomic E-state index is 13.6. The van der Waals surface area contributed by atoms with E-state index < -0.39 is 6.10 Å². The van der Waals surface area contributed by atoms with Crippen LogP contribution >= 0.6 is 0 Å². The van der Waals surface area contributed by atoms with Gasteiger partial charge >= 0.3 is 0 Å². The Hall–Kier alpha value is -2.35. The minimum absolute atomic E-state index is 0.200. The monoisotopic (exact) mass is 432 g/mol. The summed E-state index contributed by atoms with van der Waals surface area (Å²) < 4.78 is 32.5. The fraction of sp³-hybridized carbons (Fsp3) is 0.458. The molecule has 0 spiro atoms. The van der Waals surface area contributed by atoms with Gasteiger partial charge in [-0.15, -0.1) is 0 Å². The lowest BCUT2D eigenvalue weighted by Gasteiger charge is -2.28. The summed E-state index contributed by atoms with van der Waals surface area (Å²) in [4.78, 5) is 7.62. The number of aliphatic hydroxyl groups is 1. The predicted octanol–water partition coefficient (Wildman–Crippen LogP) is 4.14. The SMILES string of the molecule is CC(C)(C)OC[C@@H](O)CN(Cc1cccc(F)c1)C[C@H]1CC(c2ccc(F)cc2)=NO1. The second kappa shape index (κ2) is 10.3. The molecule has 1 heterocycles. The van der Waals surface area contributed by atoms with Gasteiger partial charge in [-0.2, -0.15) is 0 Å². The average Bonchev–Trinajstić information content (AvgIpc) is 3.15. The number of hydrogen-bond donors (Lipinski definition) is 1. The Morgan fingerprint density at radius 1 is 1.16 bits per heavy atom. The van der Waals surface area contributed by atoms with Crippen LogP contribution in [0.4, 0.5) is 8.78 Å². The van der Waals surface area contributed by atoms with E-state index in [2.05, 4.69) is 5.16 Å². The third kappa shape index (κ3) is 7.69. The zero-order chi connectivity index (χ0) is 22.4. The van der Waals surface area contributed by atoms with E-state index in [1.165, 1.54) is 24.3 Å². The van der Waals surface area contributed by atoms with E-state index in [1.54, 1.807) is 18.2 Å². The summed E-state index contributed by atoms with van der Waals surface area (Å²) in [6.07, 6.45) is -0.351. The van der Waals surface area contributed by atoms with Gasteiger partial charge in [0.05, 0.1) is 24.0 Å². The molecule has 2 aromatic carbocycles. The maximum Gasteiger partial charge on any atom is 0.145 e. The highest BCUT2D eigenvalue weighted by molar-refractivity contribution is 6.01. The smallest absolute Gasteiger partial charge is 0.145 e. The Labute approximate surface area is 182 Å². The van der Waals surface area contributed by atoms with Crippen molar-refractivity contribution in [3.8, 4) is 0 Å². The standard InChI is InChI=1S/C24H30F2N2O3/c1-24(2,3)30-16-21(29)14-28(13-17-5-4-6-20(26)11-17)15-22-12-23(27-31-22)18-7-9-19(25)10-8-18/h4-11,21-22,29H,12-16H2,1-3H3/t21-,22+/m0/s1. The fourth-order valence-corrected chi connectivity index (χ4v) is 3.42. The number of aliphatic hydroxyl groups excluding tert-OH is 1. The molecular formula is C24H30F2N2O3. The topological polar surface area (TPSA) is 54.3 Å². The van der Waals surface area contributed by atoms with Crippen molar-refractivity contribution in [1.29, 1.82) is 0 Å². The van der Waals surface area contributed by atoms with E-state index in [4.69, 9.17) is 9.57 Å². The molecule has 0 bridgehead atoms. The molecule has 2 atom stereocenters. The molecule has 7 heteroatoms. The van der Waals surface area contributed by atoms with E-state index in [9.17, 15) is 13.9 Å². The number of oxime groups is 1. The zero-order valence-corrected chi connectivity index (χ0v) is 18.2. The Bertz CT molecular complexity index is 881. The average molecular weight is 433 g/mol. The molecule has 0 amide bonds. The van der Waals surface area contributed by atoms with E-state index in [0.717, 1.165) is 16.8 Å². The summed E-state index contributed by atoms with van der Waals surface area (Å²) in [7, 11) is 0. The third-order valence-corrected chi connectivity index (χ3v) is 4.85. The normalized spacial score (nSPS) is 17.5. The van der Waals surface area contributed by atoms with Crippen molar-refractivity contribution >= 4 is 5.71 Å². The van der Waals surface area contributed by atoms with E-state index >= 15 is 0 Å². The van der Waals surface area contributed by atoms with Crippen LogP contribution in [0.5, 0.6) is 0 Å². The summed E-state index contributed by atoms with van der Waals surface area (Å²) in [6.45, 7) is 7.30. The van der Waals surface area contributed by atoms with Crippen molar-refractivity contribution in [3.05, 3.63) is 71.3 Å². The molecule has 1 N–H and O–H groups in total. The molecular weight excluding hydrogens is 402 g/mol. The van der Waals surface area contributed by atoms with Gasteiger partial charge in [0.2, 0.25) is 0 Å². The van der Waals surface area contributed by atoms with Crippen molar-refractivity contribution in [2.45, 2.75) is 51.5 Å². The second-order valence-electron chi connectivity index (χ2n) is 8.88. The molecule has 31 heavy (non-hydrogen) atoms. The van der Waals surface area contributed by atoms with Gasteiger partial charge in [-0.25, -0.2) is 8.78 Å². The van der Waals surface area contributed by atoms with Gasteiger partial charge in [-0.1, -0.05) is 29.4 Å². The highest BCUT2D eigenvalue weighted by Gasteiger charge is 2.26. The molecule has 0 unspecified atom stereocenters. The van der Waals surface area contributed by atoms with Crippen LogP contribution in [-0.2, 0) is 16.1 Å². The number of nitrogens with zero attached hydrogens (tertiary/aromatic N) is 2. The molecule has 2 aromatic rings. The summed E-state index contributed by atoms with van der Waals surface area (Å²) >= 11 is 0. The number of halogens is 2. The lowest BCUT2D eigenvalue weighted by molar-refractivity contribution is -0.0600. The Morgan fingerprint density at radius 3 is 2.58 bits per heavy atom. The van der Waals surface area contributed by atoms with Crippen LogP contribution in [-0.4, -0.2) is 53.2 Å². The minimum atomic E-state index is -0.702. The van der Waals surface area contributed by atoms with Crippen molar-refractivity contribution in [2.75, 3.05) is 19.7 Å². The fourth-order valence-electron chi connectivity index (χ4n) is 3.42. The van der Waals surface area contributed by atoms with Gasteiger partial charge in [0, 0.05) is 26.1 Å². The number of benzene rings is 2. The first kappa shape index (κ1) is 23.3. The first-order valence-corrected chi connectivity index (χ1v) is 10.5. The van der Waals surface area contributed by atoms with Gasteiger partial charge in [0.1, 0.15) is 17.7 Å². The summed E-state index contributed by atoms with van der Waals surface area (Å²) in [6, 6.07) is 12.6. The Kier molecular flexibility index (Phi) is 7.75. The van der Waals surface area contributed by atoms with E-state index in [1.807, 2.05) is 31.7 Å². The van der Waals surface area contributed by atoms with Crippen molar-refractivity contribution in [3.63, 3.8) is 0 Å². The molecule has 0 fully saturated rings. The molecule has 0 aromatic heterocycles. The summed E-state index contributed by atoms with van der Waals surface area (Å²) in [5.74, 6) is -0.597. The lowest BCUT2D eigenvalue weighted by atomic mass is 10.0. The first-order chi connectivity index (χ1) is 14.7. The molecule has 0 aliphatic carbocycles. The highest BCUT2D eigenvalue weighted by atomic mass is 19.1. The molecule has 0 saturated carbocycles. The Balaban J connectivity index is 1.62. The molecule has 3 rings (SSSR count). The van der Waals surface area contributed by atoms with Crippen LogP contribution < -0.4 is 0 Å². The van der Waals surface area contributed by atoms with Gasteiger partial charge in [-0.05, 0) is 56.2 Å². The number of ether oxygens (including phenoxy) is 1. The van der Waals surface area contributed by atoms with E-state index in [0.29, 0.717) is 26.1 Å². The van der Waals surface area contributed by atoms with Crippen LogP contribution in [0.15, 0.2) is 53.7 Å². The third-order valence-electron chi connectivity index (χ3n) is 4.85. The Morgan fingerprint density at radius 2 is 1.90 bits per heavy atom. The number of hydrogen-bond acceptors (Lipinski definition) is 5. The molecule has 0 saturated heterocycles. The lowest BCUT2D eigenvalue weighted by Crippen LogP contribution is -2.40. The van der Waals surface area contributed by atoms with Gasteiger partial charge in [-0.3, -0.25) is 4.90 Å². The second-order valence-corrected chi connectivity index (χ2v) is 8.88. The largest absolute Gasteiger partial charge is 0.390 e. The number of rotatable bonds is 9. The zero-order valence-electron chi connectivity index (χ0n) is 18.2. The van der Waals surface area contributed by atoms with Gasteiger partial charge in [0.25, 0.3) is 0 Å². The van der Waals surface area contributed by atoms with Crippen molar-refractivity contribution in [2.24, 2.45) is 5.16 Å². The summed E-state index contributed by atoms with van der Waals surface area (Å²) in [5, 5.41) is 14.7. The molecule has 1 aliphatic heterocycles. The van der Waals surface area contributed by atoms with Gasteiger partial charge < -0.3 is 14.7 Å². The summed E-state index contributed by atoms with van der Waals surface area (Å²) in [5.41, 5.74) is 2.04.